The number of hydrogen-bond donors (Lipinski definition) is 1. The van der Waals surface area contributed by atoms with Crippen LogP contribution in [0.4, 0.5) is 0 Å². The molecule has 0 amide bonds. The normalized spacial score (nSPS) is 11.5. The molecule has 0 aliphatic carbocycles. The molecule has 0 radical (unpaired) electrons. The van der Waals surface area contributed by atoms with Gasteiger partial charge in [-0.2, -0.15) is 0 Å². The van der Waals surface area contributed by atoms with Gasteiger partial charge in [-0.15, -0.1) is 0 Å². The highest BCUT2D eigenvalue weighted by Gasteiger charge is 2.30. The Hall–Kier alpha value is -2.10. The first-order chi connectivity index (χ1) is 8.37. The Balaban J connectivity index is 2.95. The fourth-order valence-electron chi connectivity index (χ4n) is 1.55. The maximum atomic E-state index is 11.6. The Morgan fingerprint density at radius 1 is 1.22 bits per heavy atom. The Labute approximate surface area is 106 Å². The van der Waals surface area contributed by atoms with Gasteiger partial charge in [0.05, 0.1) is 12.5 Å². The standard InChI is InChI=1S/C14H16O4/c1-14(2,13(17)18-3)11-7-4-10(5-8-11)6-9-12(15)16/h4-9H,1-3H3,(H,15,16). The van der Waals surface area contributed by atoms with Gasteiger partial charge in [0.15, 0.2) is 0 Å². The van der Waals surface area contributed by atoms with Crippen LogP contribution in [0.2, 0.25) is 0 Å². The van der Waals surface area contributed by atoms with Gasteiger partial charge in [-0.1, -0.05) is 24.3 Å². The molecule has 18 heavy (non-hydrogen) atoms. The molecule has 96 valence electrons. The summed E-state index contributed by atoms with van der Waals surface area (Å²) in [5.41, 5.74) is 0.868. The van der Waals surface area contributed by atoms with Crippen molar-refractivity contribution in [2.24, 2.45) is 0 Å². The van der Waals surface area contributed by atoms with Crippen LogP contribution in [0.25, 0.3) is 6.08 Å². The number of ether oxygens (including phenoxy) is 1. The molecule has 0 heterocycles. The summed E-state index contributed by atoms with van der Waals surface area (Å²) in [6.45, 7) is 3.56. The number of carbonyl (C=O) groups excluding carboxylic acids is 1. The van der Waals surface area contributed by atoms with Gasteiger partial charge in [-0.3, -0.25) is 4.79 Å². The van der Waals surface area contributed by atoms with Gasteiger partial charge in [0.1, 0.15) is 0 Å². The summed E-state index contributed by atoms with van der Waals surface area (Å²) >= 11 is 0. The largest absolute Gasteiger partial charge is 0.478 e. The van der Waals surface area contributed by atoms with E-state index in [1.54, 1.807) is 38.1 Å². The van der Waals surface area contributed by atoms with E-state index in [1.165, 1.54) is 13.2 Å². The lowest BCUT2D eigenvalue weighted by Crippen LogP contribution is -2.30. The van der Waals surface area contributed by atoms with Crippen molar-refractivity contribution in [2.45, 2.75) is 19.3 Å². The van der Waals surface area contributed by atoms with Gasteiger partial charge in [0.25, 0.3) is 0 Å². The van der Waals surface area contributed by atoms with E-state index in [4.69, 9.17) is 9.84 Å². The van der Waals surface area contributed by atoms with Gasteiger partial charge in [-0.05, 0) is 31.1 Å². The van der Waals surface area contributed by atoms with Gasteiger partial charge in [-0.25, -0.2) is 4.79 Å². The van der Waals surface area contributed by atoms with E-state index in [9.17, 15) is 9.59 Å². The average Bonchev–Trinajstić information content (AvgIpc) is 2.35. The number of carboxylic acid groups (broad SMARTS) is 1. The number of esters is 1. The minimum Gasteiger partial charge on any atom is -0.478 e. The van der Waals surface area contributed by atoms with Crippen LogP contribution in [0.1, 0.15) is 25.0 Å². The molecular formula is C14H16O4. The van der Waals surface area contributed by atoms with Crippen molar-refractivity contribution in [1.82, 2.24) is 0 Å². The van der Waals surface area contributed by atoms with Crippen molar-refractivity contribution in [2.75, 3.05) is 7.11 Å². The predicted molar refractivity (Wildman–Crippen MR) is 68.2 cm³/mol. The van der Waals surface area contributed by atoms with Crippen LogP contribution in [0.3, 0.4) is 0 Å². The van der Waals surface area contributed by atoms with Crippen molar-refractivity contribution in [3.8, 4) is 0 Å². The molecule has 0 bridgehead atoms. The lowest BCUT2D eigenvalue weighted by molar-refractivity contribution is -0.146. The molecule has 1 rings (SSSR count). The third-order valence-corrected chi connectivity index (χ3v) is 2.75. The SMILES string of the molecule is COC(=O)C(C)(C)c1ccc(C=CC(=O)O)cc1. The highest BCUT2D eigenvalue weighted by atomic mass is 16.5. The minimum atomic E-state index is -0.992. The van der Waals surface area contributed by atoms with E-state index in [-0.39, 0.29) is 5.97 Å². The topological polar surface area (TPSA) is 63.6 Å². The number of rotatable bonds is 4. The van der Waals surface area contributed by atoms with E-state index in [0.29, 0.717) is 0 Å². The predicted octanol–water partition coefficient (Wildman–Crippen LogP) is 2.24. The number of benzene rings is 1. The number of methoxy groups -OCH3 is 1. The Kier molecular flexibility index (Phi) is 4.26. The summed E-state index contributed by atoms with van der Waals surface area (Å²) in [7, 11) is 1.36. The average molecular weight is 248 g/mol. The van der Waals surface area contributed by atoms with Crippen molar-refractivity contribution >= 4 is 18.0 Å². The molecule has 0 unspecified atom stereocenters. The molecule has 0 saturated carbocycles. The molecule has 0 atom stereocenters. The Morgan fingerprint density at radius 3 is 2.22 bits per heavy atom. The minimum absolute atomic E-state index is 0.309. The molecule has 0 spiro atoms. The van der Waals surface area contributed by atoms with E-state index >= 15 is 0 Å². The Bertz CT molecular complexity index is 469. The lowest BCUT2D eigenvalue weighted by atomic mass is 9.84. The van der Waals surface area contributed by atoms with Gasteiger partial charge < -0.3 is 9.84 Å². The number of hydrogen-bond acceptors (Lipinski definition) is 3. The third kappa shape index (κ3) is 3.20. The maximum absolute atomic E-state index is 11.6. The lowest BCUT2D eigenvalue weighted by Gasteiger charge is -2.21. The van der Waals surface area contributed by atoms with E-state index in [2.05, 4.69) is 0 Å². The monoisotopic (exact) mass is 248 g/mol. The number of carbonyl (C=O) groups is 2. The molecule has 0 aliphatic heterocycles. The van der Waals surface area contributed by atoms with Crippen LogP contribution >= 0.6 is 0 Å². The Morgan fingerprint density at radius 2 is 1.78 bits per heavy atom. The first-order valence-corrected chi connectivity index (χ1v) is 5.48. The van der Waals surface area contributed by atoms with E-state index < -0.39 is 11.4 Å². The molecule has 1 N–H and O–H groups in total. The summed E-state index contributed by atoms with van der Waals surface area (Å²) in [6.07, 6.45) is 2.57. The molecule has 0 fully saturated rings. The zero-order chi connectivity index (χ0) is 13.8. The van der Waals surface area contributed by atoms with E-state index in [0.717, 1.165) is 17.2 Å². The first kappa shape index (κ1) is 14.0. The summed E-state index contributed by atoms with van der Waals surface area (Å²) in [5.74, 6) is -1.30. The van der Waals surface area contributed by atoms with Crippen LogP contribution in [0.15, 0.2) is 30.3 Å². The second kappa shape index (κ2) is 5.49. The summed E-state index contributed by atoms with van der Waals surface area (Å²) in [4.78, 5) is 22.0. The number of carboxylic acids is 1. The number of aliphatic carboxylic acids is 1. The zero-order valence-electron chi connectivity index (χ0n) is 10.6. The van der Waals surface area contributed by atoms with Crippen LogP contribution in [0.5, 0.6) is 0 Å². The molecule has 0 saturated heterocycles. The second-order valence-electron chi connectivity index (χ2n) is 4.41. The van der Waals surface area contributed by atoms with Crippen LogP contribution < -0.4 is 0 Å². The van der Waals surface area contributed by atoms with Crippen molar-refractivity contribution in [3.63, 3.8) is 0 Å². The highest BCUT2D eigenvalue weighted by molar-refractivity contribution is 5.85. The fraction of sp³-hybridized carbons (Fsp3) is 0.286. The van der Waals surface area contributed by atoms with Gasteiger partial charge in [0.2, 0.25) is 0 Å². The molecule has 0 aromatic heterocycles. The van der Waals surface area contributed by atoms with Crippen LogP contribution in [-0.2, 0) is 19.7 Å². The molecule has 4 heteroatoms. The molecule has 1 aromatic carbocycles. The zero-order valence-corrected chi connectivity index (χ0v) is 10.6. The summed E-state index contributed by atoms with van der Waals surface area (Å²) in [5, 5.41) is 8.52. The summed E-state index contributed by atoms with van der Waals surface area (Å²) < 4.78 is 4.75. The third-order valence-electron chi connectivity index (χ3n) is 2.75. The smallest absolute Gasteiger partial charge is 0.328 e. The van der Waals surface area contributed by atoms with Crippen molar-refractivity contribution in [1.29, 1.82) is 0 Å². The quantitative estimate of drug-likeness (QED) is 0.655. The molecule has 1 aromatic rings. The van der Waals surface area contributed by atoms with Gasteiger partial charge >= 0.3 is 11.9 Å². The highest BCUT2D eigenvalue weighted by Crippen LogP contribution is 2.25. The first-order valence-electron chi connectivity index (χ1n) is 5.48. The van der Waals surface area contributed by atoms with E-state index in [1.807, 2.05) is 0 Å². The molecular weight excluding hydrogens is 232 g/mol. The van der Waals surface area contributed by atoms with Crippen molar-refractivity contribution < 1.29 is 19.4 Å². The second-order valence-corrected chi connectivity index (χ2v) is 4.41. The van der Waals surface area contributed by atoms with Crippen LogP contribution in [-0.4, -0.2) is 24.2 Å². The molecule has 4 nitrogen and oxygen atoms in total. The van der Waals surface area contributed by atoms with Crippen LogP contribution in [0, 0.1) is 0 Å². The maximum Gasteiger partial charge on any atom is 0.328 e. The fourth-order valence-corrected chi connectivity index (χ4v) is 1.55. The summed E-state index contributed by atoms with van der Waals surface area (Å²) in [6, 6.07) is 7.11. The van der Waals surface area contributed by atoms with Crippen molar-refractivity contribution in [3.05, 3.63) is 41.5 Å². The van der Waals surface area contributed by atoms with Gasteiger partial charge in [0, 0.05) is 6.08 Å². The molecule has 0 aliphatic rings.